The van der Waals surface area contributed by atoms with Crippen molar-refractivity contribution in [2.45, 2.75) is 57.8 Å². The van der Waals surface area contributed by atoms with Gasteiger partial charge in [-0.25, -0.2) is 5.32 Å². The van der Waals surface area contributed by atoms with Gasteiger partial charge in [0, 0.05) is 32.6 Å². The average Bonchev–Trinajstić information content (AvgIpc) is 2.53. The molecule has 3 heteroatoms. The largest absolute Gasteiger partial charge is 0.342 e. The molecule has 3 unspecified atom stereocenters. The Bertz CT molecular complexity index is 325. The van der Waals surface area contributed by atoms with Crippen molar-refractivity contribution in [3.05, 3.63) is 0 Å². The van der Waals surface area contributed by atoms with Crippen LogP contribution in [-0.4, -0.2) is 37.0 Å². The monoisotopic (exact) mass is 277 g/mol. The van der Waals surface area contributed by atoms with Crippen molar-refractivity contribution in [2.75, 3.05) is 26.2 Å². The SMILES string of the molecule is O=C(CCC1CCC[N]C1)N1CCC2CCCCC2C1. The highest BCUT2D eigenvalue weighted by molar-refractivity contribution is 5.76. The number of hydrogen-bond donors (Lipinski definition) is 0. The van der Waals surface area contributed by atoms with Gasteiger partial charge >= 0.3 is 0 Å². The lowest BCUT2D eigenvalue weighted by atomic mass is 9.75. The summed E-state index contributed by atoms with van der Waals surface area (Å²) in [5.41, 5.74) is 0. The predicted molar refractivity (Wildman–Crippen MR) is 80.5 cm³/mol. The number of carbonyl (C=O) groups is 1. The van der Waals surface area contributed by atoms with Gasteiger partial charge in [0.25, 0.3) is 0 Å². The fourth-order valence-corrected chi connectivity index (χ4v) is 4.41. The number of piperidine rings is 2. The molecular formula is C17H29N2O. The molecule has 0 bridgehead atoms. The first-order chi connectivity index (χ1) is 9.83. The molecule has 2 saturated heterocycles. The summed E-state index contributed by atoms with van der Waals surface area (Å²) in [6.45, 7) is 4.12. The predicted octanol–water partition coefficient (Wildman–Crippen LogP) is 2.82. The minimum absolute atomic E-state index is 0.416. The maximum absolute atomic E-state index is 12.4. The Morgan fingerprint density at radius 3 is 2.70 bits per heavy atom. The van der Waals surface area contributed by atoms with E-state index in [-0.39, 0.29) is 0 Å². The van der Waals surface area contributed by atoms with Crippen molar-refractivity contribution in [1.29, 1.82) is 0 Å². The smallest absolute Gasteiger partial charge is 0.222 e. The van der Waals surface area contributed by atoms with E-state index in [1.165, 1.54) is 44.9 Å². The van der Waals surface area contributed by atoms with Crippen LogP contribution in [0.4, 0.5) is 0 Å². The molecular weight excluding hydrogens is 248 g/mol. The molecule has 3 atom stereocenters. The Kier molecular flexibility index (Phi) is 4.98. The van der Waals surface area contributed by atoms with Crippen LogP contribution in [0.3, 0.4) is 0 Å². The van der Waals surface area contributed by atoms with E-state index in [4.69, 9.17) is 0 Å². The topological polar surface area (TPSA) is 34.4 Å². The van der Waals surface area contributed by atoms with Crippen LogP contribution in [0.5, 0.6) is 0 Å². The molecule has 2 heterocycles. The molecule has 0 aromatic carbocycles. The molecule has 3 fully saturated rings. The van der Waals surface area contributed by atoms with Gasteiger partial charge in [-0.05, 0) is 49.9 Å². The number of carbonyl (C=O) groups excluding carboxylic acids is 1. The van der Waals surface area contributed by atoms with Gasteiger partial charge in [-0.15, -0.1) is 0 Å². The zero-order valence-electron chi connectivity index (χ0n) is 12.7. The van der Waals surface area contributed by atoms with Gasteiger partial charge < -0.3 is 4.90 Å². The fraction of sp³-hybridized carbons (Fsp3) is 0.941. The molecule has 2 aliphatic heterocycles. The summed E-state index contributed by atoms with van der Waals surface area (Å²) < 4.78 is 0. The molecule has 0 spiro atoms. The van der Waals surface area contributed by atoms with Crippen molar-refractivity contribution in [2.24, 2.45) is 17.8 Å². The van der Waals surface area contributed by atoms with Gasteiger partial charge in [-0.3, -0.25) is 4.79 Å². The Balaban J connectivity index is 1.42. The van der Waals surface area contributed by atoms with Gasteiger partial charge in [-0.1, -0.05) is 19.3 Å². The fourth-order valence-electron chi connectivity index (χ4n) is 4.41. The molecule has 3 rings (SSSR count). The third-order valence-corrected chi connectivity index (χ3v) is 5.73. The molecule has 20 heavy (non-hydrogen) atoms. The summed E-state index contributed by atoms with van der Waals surface area (Å²) in [6.07, 6.45) is 11.2. The summed E-state index contributed by atoms with van der Waals surface area (Å²) in [5.74, 6) is 2.83. The second kappa shape index (κ2) is 6.93. The highest BCUT2D eigenvalue weighted by Crippen LogP contribution is 2.36. The normalized spacial score (nSPS) is 34.6. The molecule has 1 amide bonds. The van der Waals surface area contributed by atoms with E-state index in [1.807, 2.05) is 0 Å². The zero-order valence-corrected chi connectivity index (χ0v) is 12.7. The summed E-state index contributed by atoms with van der Waals surface area (Å²) >= 11 is 0. The number of rotatable bonds is 3. The summed E-state index contributed by atoms with van der Waals surface area (Å²) in [6, 6.07) is 0. The number of hydrogen-bond acceptors (Lipinski definition) is 1. The maximum atomic E-state index is 12.4. The lowest BCUT2D eigenvalue weighted by molar-refractivity contribution is -0.134. The second-order valence-electron chi connectivity index (χ2n) is 7.11. The minimum atomic E-state index is 0.416. The van der Waals surface area contributed by atoms with E-state index >= 15 is 0 Å². The van der Waals surface area contributed by atoms with Crippen molar-refractivity contribution in [3.63, 3.8) is 0 Å². The number of nitrogens with zero attached hydrogens (tertiary/aromatic N) is 2. The molecule has 1 radical (unpaired) electrons. The van der Waals surface area contributed by atoms with Gasteiger partial charge in [0.1, 0.15) is 0 Å². The first-order valence-corrected chi connectivity index (χ1v) is 8.74. The summed E-state index contributed by atoms with van der Waals surface area (Å²) in [4.78, 5) is 14.6. The minimum Gasteiger partial charge on any atom is -0.342 e. The first-order valence-electron chi connectivity index (χ1n) is 8.74. The van der Waals surface area contributed by atoms with Crippen LogP contribution in [-0.2, 0) is 4.79 Å². The van der Waals surface area contributed by atoms with Gasteiger partial charge in [0.05, 0.1) is 0 Å². The van der Waals surface area contributed by atoms with E-state index in [9.17, 15) is 4.79 Å². The second-order valence-corrected chi connectivity index (χ2v) is 7.11. The van der Waals surface area contributed by atoms with Crippen LogP contribution in [0, 0.1) is 17.8 Å². The van der Waals surface area contributed by atoms with Crippen molar-refractivity contribution < 1.29 is 4.79 Å². The molecule has 1 saturated carbocycles. The lowest BCUT2D eigenvalue weighted by Gasteiger charge is -2.41. The maximum Gasteiger partial charge on any atom is 0.222 e. The van der Waals surface area contributed by atoms with Crippen molar-refractivity contribution in [1.82, 2.24) is 10.2 Å². The quantitative estimate of drug-likeness (QED) is 0.781. The highest BCUT2D eigenvalue weighted by Gasteiger charge is 2.32. The van der Waals surface area contributed by atoms with Crippen LogP contribution in [0.1, 0.15) is 57.8 Å². The first kappa shape index (κ1) is 14.4. The number of likely N-dealkylation sites (tertiary alicyclic amines) is 1. The van der Waals surface area contributed by atoms with E-state index in [0.29, 0.717) is 11.8 Å². The number of amides is 1. The molecule has 0 N–H and O–H groups in total. The molecule has 1 aliphatic carbocycles. The summed E-state index contributed by atoms with van der Waals surface area (Å²) in [5, 5.41) is 4.48. The Hall–Kier alpha value is -0.570. The average molecular weight is 277 g/mol. The van der Waals surface area contributed by atoms with E-state index in [0.717, 1.165) is 50.9 Å². The molecule has 3 nitrogen and oxygen atoms in total. The van der Waals surface area contributed by atoms with Crippen molar-refractivity contribution in [3.8, 4) is 0 Å². The summed E-state index contributed by atoms with van der Waals surface area (Å²) in [7, 11) is 0. The van der Waals surface area contributed by atoms with Crippen LogP contribution in [0.25, 0.3) is 0 Å². The Morgan fingerprint density at radius 2 is 1.90 bits per heavy atom. The van der Waals surface area contributed by atoms with Gasteiger partial charge in [0.2, 0.25) is 5.91 Å². The third-order valence-electron chi connectivity index (χ3n) is 5.73. The molecule has 113 valence electrons. The van der Waals surface area contributed by atoms with Gasteiger partial charge in [-0.2, -0.15) is 0 Å². The van der Waals surface area contributed by atoms with Gasteiger partial charge in [0.15, 0.2) is 0 Å². The van der Waals surface area contributed by atoms with E-state index < -0.39 is 0 Å². The van der Waals surface area contributed by atoms with Crippen LogP contribution in [0.2, 0.25) is 0 Å². The molecule has 0 aromatic rings. The standard InChI is InChI=1S/C17H29N2O/c20-17(8-7-14-4-3-10-18-12-14)19-11-9-15-5-1-2-6-16(15)13-19/h14-16H,1-13H2. The zero-order chi connectivity index (χ0) is 13.8. The lowest BCUT2D eigenvalue weighted by Crippen LogP contribution is -2.44. The van der Waals surface area contributed by atoms with Crippen molar-refractivity contribution >= 4 is 5.91 Å². The van der Waals surface area contributed by atoms with Crippen LogP contribution >= 0.6 is 0 Å². The molecule has 0 aromatic heterocycles. The van der Waals surface area contributed by atoms with E-state index in [1.54, 1.807) is 0 Å². The third kappa shape index (κ3) is 3.55. The Morgan fingerprint density at radius 1 is 1.05 bits per heavy atom. The highest BCUT2D eigenvalue weighted by atomic mass is 16.2. The number of fused-ring (bicyclic) bond motifs is 1. The Labute approximate surface area is 123 Å². The van der Waals surface area contributed by atoms with Crippen LogP contribution in [0.15, 0.2) is 0 Å². The molecule has 3 aliphatic rings. The van der Waals surface area contributed by atoms with Crippen LogP contribution < -0.4 is 5.32 Å². The van der Waals surface area contributed by atoms with E-state index in [2.05, 4.69) is 10.2 Å².